The van der Waals surface area contributed by atoms with Crippen LogP contribution in [0.5, 0.6) is 0 Å². The number of carbonyl (C=O) groups is 2. The molecule has 1 N–H and O–H groups in total. The van der Waals surface area contributed by atoms with Gasteiger partial charge in [-0.05, 0) is 24.3 Å². The first-order valence-electron chi connectivity index (χ1n) is 8.18. The molecule has 4 nitrogen and oxygen atoms in total. The Balaban J connectivity index is 1.87. The maximum Gasteiger partial charge on any atom is 0.229 e. The maximum atomic E-state index is 13.1. The number of nitrogens with zero attached hydrogens (tertiary/aromatic N) is 1. The van der Waals surface area contributed by atoms with Crippen molar-refractivity contribution in [2.45, 2.75) is 33.2 Å². The summed E-state index contributed by atoms with van der Waals surface area (Å²) in [5.41, 5.74) is 0.890. The van der Waals surface area contributed by atoms with Crippen molar-refractivity contribution in [2.75, 3.05) is 6.54 Å². The standard InChI is InChI=1S/C19H23NO3/c1-13-16-8-9-20(11-14-6-4-3-5-7-14)18(23)19(16,2)10-15(12-21)17(13)22/h3-7,12-13,16,22H,8-11H2,1-2H3. The molecule has 1 amide bonds. The van der Waals surface area contributed by atoms with Crippen LogP contribution in [0.3, 0.4) is 0 Å². The molecule has 4 heteroatoms. The lowest BCUT2D eigenvalue weighted by Gasteiger charge is -2.50. The van der Waals surface area contributed by atoms with Crippen molar-refractivity contribution in [1.82, 2.24) is 4.90 Å². The van der Waals surface area contributed by atoms with Gasteiger partial charge in [0.05, 0.1) is 5.41 Å². The fourth-order valence-corrected chi connectivity index (χ4v) is 4.27. The minimum atomic E-state index is -0.602. The van der Waals surface area contributed by atoms with Crippen LogP contribution in [0.15, 0.2) is 41.7 Å². The first-order valence-corrected chi connectivity index (χ1v) is 8.18. The number of rotatable bonds is 3. The highest BCUT2D eigenvalue weighted by Crippen LogP contribution is 2.50. The number of likely N-dealkylation sites (tertiary alicyclic amines) is 1. The van der Waals surface area contributed by atoms with Gasteiger partial charge >= 0.3 is 0 Å². The molecule has 1 aliphatic carbocycles. The van der Waals surface area contributed by atoms with Crippen LogP contribution in [0.4, 0.5) is 0 Å². The van der Waals surface area contributed by atoms with Gasteiger partial charge in [0.25, 0.3) is 0 Å². The van der Waals surface area contributed by atoms with Gasteiger partial charge in [-0.2, -0.15) is 0 Å². The van der Waals surface area contributed by atoms with Gasteiger partial charge in [0, 0.05) is 24.6 Å². The third kappa shape index (κ3) is 2.56. The first kappa shape index (κ1) is 15.8. The van der Waals surface area contributed by atoms with E-state index in [0.29, 0.717) is 31.4 Å². The van der Waals surface area contributed by atoms with Crippen LogP contribution in [-0.4, -0.2) is 28.7 Å². The van der Waals surface area contributed by atoms with Gasteiger partial charge in [-0.25, -0.2) is 0 Å². The van der Waals surface area contributed by atoms with Crippen LogP contribution in [0, 0.1) is 17.3 Å². The number of fused-ring (bicyclic) bond motifs is 1. The van der Waals surface area contributed by atoms with E-state index in [1.807, 2.05) is 49.1 Å². The molecule has 122 valence electrons. The average Bonchev–Trinajstić information content (AvgIpc) is 2.56. The van der Waals surface area contributed by atoms with Gasteiger partial charge in [-0.3, -0.25) is 9.59 Å². The number of carbonyl (C=O) groups excluding carboxylic acids is 2. The van der Waals surface area contributed by atoms with Crippen molar-refractivity contribution in [3.05, 3.63) is 47.2 Å². The Labute approximate surface area is 136 Å². The maximum absolute atomic E-state index is 13.1. The van der Waals surface area contributed by atoms with Gasteiger partial charge in [-0.1, -0.05) is 44.2 Å². The van der Waals surface area contributed by atoms with Crippen LogP contribution in [-0.2, 0) is 16.1 Å². The smallest absolute Gasteiger partial charge is 0.229 e. The predicted octanol–water partition coefficient (Wildman–Crippen LogP) is 3.09. The molecule has 23 heavy (non-hydrogen) atoms. The van der Waals surface area contributed by atoms with E-state index < -0.39 is 5.41 Å². The summed E-state index contributed by atoms with van der Waals surface area (Å²) in [5, 5.41) is 10.2. The van der Waals surface area contributed by atoms with Gasteiger partial charge in [0.15, 0.2) is 0 Å². The number of allylic oxidation sites excluding steroid dienone is 2. The summed E-state index contributed by atoms with van der Waals surface area (Å²) in [6.45, 7) is 5.16. The molecule has 3 rings (SSSR count). The van der Waals surface area contributed by atoms with E-state index in [2.05, 4.69) is 0 Å². The molecule has 0 aromatic heterocycles. The number of piperidine rings is 1. The van der Waals surface area contributed by atoms with Crippen LogP contribution in [0.25, 0.3) is 0 Å². The predicted molar refractivity (Wildman–Crippen MR) is 87.6 cm³/mol. The molecule has 0 spiro atoms. The lowest BCUT2D eigenvalue weighted by Crippen LogP contribution is -2.55. The van der Waals surface area contributed by atoms with E-state index >= 15 is 0 Å². The molecule has 1 aromatic rings. The summed E-state index contributed by atoms with van der Waals surface area (Å²) in [7, 11) is 0. The number of hydrogen-bond acceptors (Lipinski definition) is 3. The van der Waals surface area contributed by atoms with Gasteiger partial charge in [-0.15, -0.1) is 0 Å². The lowest BCUT2D eigenvalue weighted by atomic mass is 9.59. The highest BCUT2D eigenvalue weighted by molar-refractivity contribution is 5.87. The average molecular weight is 313 g/mol. The molecule has 0 bridgehead atoms. The van der Waals surface area contributed by atoms with Crippen molar-refractivity contribution in [3.8, 4) is 0 Å². The van der Waals surface area contributed by atoms with E-state index in [1.54, 1.807) is 0 Å². The fraction of sp³-hybridized carbons (Fsp3) is 0.474. The number of amides is 1. The van der Waals surface area contributed by atoms with Crippen molar-refractivity contribution in [1.29, 1.82) is 0 Å². The van der Waals surface area contributed by atoms with Crippen LogP contribution in [0.1, 0.15) is 32.3 Å². The van der Waals surface area contributed by atoms with Crippen LogP contribution >= 0.6 is 0 Å². The minimum Gasteiger partial charge on any atom is -0.512 e. The van der Waals surface area contributed by atoms with E-state index in [1.165, 1.54) is 0 Å². The zero-order valence-electron chi connectivity index (χ0n) is 13.7. The molecule has 2 aliphatic rings. The third-order valence-corrected chi connectivity index (χ3v) is 5.58. The monoisotopic (exact) mass is 313 g/mol. The Morgan fingerprint density at radius 1 is 1.35 bits per heavy atom. The Bertz CT molecular complexity index is 652. The molecule has 3 unspecified atom stereocenters. The van der Waals surface area contributed by atoms with E-state index in [4.69, 9.17) is 0 Å². The van der Waals surface area contributed by atoms with Crippen LogP contribution < -0.4 is 0 Å². The molecule has 1 saturated heterocycles. The highest BCUT2D eigenvalue weighted by Gasteiger charge is 2.52. The van der Waals surface area contributed by atoms with Crippen molar-refractivity contribution >= 4 is 12.2 Å². The zero-order valence-corrected chi connectivity index (χ0v) is 13.7. The molecule has 1 fully saturated rings. The Kier molecular flexibility index (Phi) is 4.00. The van der Waals surface area contributed by atoms with Gasteiger partial charge in [0.1, 0.15) is 12.0 Å². The molecule has 1 aromatic carbocycles. The molecule has 3 atom stereocenters. The molecule has 1 aliphatic heterocycles. The Hall–Kier alpha value is -2.10. The van der Waals surface area contributed by atoms with Gasteiger partial charge in [0.2, 0.25) is 5.91 Å². The second-order valence-corrected chi connectivity index (χ2v) is 7.02. The van der Waals surface area contributed by atoms with E-state index in [-0.39, 0.29) is 23.5 Å². The Morgan fingerprint density at radius 3 is 2.70 bits per heavy atom. The van der Waals surface area contributed by atoms with E-state index in [9.17, 15) is 14.7 Å². The minimum absolute atomic E-state index is 0.0886. The molecule has 1 heterocycles. The Morgan fingerprint density at radius 2 is 2.04 bits per heavy atom. The summed E-state index contributed by atoms with van der Waals surface area (Å²) < 4.78 is 0. The molecule has 0 radical (unpaired) electrons. The topological polar surface area (TPSA) is 57.6 Å². The van der Waals surface area contributed by atoms with Gasteiger partial charge < -0.3 is 10.0 Å². The van der Waals surface area contributed by atoms with E-state index in [0.717, 1.165) is 12.0 Å². The number of aliphatic hydroxyl groups excluding tert-OH is 1. The van der Waals surface area contributed by atoms with Crippen LogP contribution in [0.2, 0.25) is 0 Å². The number of benzene rings is 1. The second-order valence-electron chi connectivity index (χ2n) is 7.02. The normalized spacial score (nSPS) is 31.0. The van der Waals surface area contributed by atoms with Crippen molar-refractivity contribution in [3.63, 3.8) is 0 Å². The summed E-state index contributed by atoms with van der Waals surface area (Å²) >= 11 is 0. The summed E-state index contributed by atoms with van der Waals surface area (Å²) in [6.07, 6.45) is 1.89. The first-order chi connectivity index (χ1) is 11.0. The molecule has 0 saturated carbocycles. The number of aliphatic hydroxyl groups is 1. The zero-order chi connectivity index (χ0) is 16.6. The highest BCUT2D eigenvalue weighted by atomic mass is 16.3. The third-order valence-electron chi connectivity index (χ3n) is 5.58. The number of hydrogen-bond donors (Lipinski definition) is 1. The summed E-state index contributed by atoms with van der Waals surface area (Å²) in [4.78, 5) is 26.3. The summed E-state index contributed by atoms with van der Waals surface area (Å²) in [5.74, 6) is 0.214. The van der Waals surface area contributed by atoms with Crippen molar-refractivity contribution in [2.24, 2.45) is 17.3 Å². The fourth-order valence-electron chi connectivity index (χ4n) is 4.27. The summed E-state index contributed by atoms with van der Waals surface area (Å²) in [6, 6.07) is 9.96. The van der Waals surface area contributed by atoms with Crippen molar-refractivity contribution < 1.29 is 14.7 Å². The quantitative estimate of drug-likeness (QED) is 0.872. The molecular formula is C19H23NO3. The molecular weight excluding hydrogens is 290 g/mol. The SMILES string of the molecule is CC1C(O)=C(C=O)CC2(C)C(=O)N(Cc3ccccc3)CCC12. The lowest BCUT2D eigenvalue weighted by molar-refractivity contribution is -0.153. The second kappa shape index (κ2) is 5.84. The largest absolute Gasteiger partial charge is 0.512 e. The number of aldehydes is 1.